The molecular weight excluding hydrogens is 791 g/mol. The predicted octanol–water partition coefficient (Wildman–Crippen LogP) is 6.70. The monoisotopic (exact) mass is 816 g/mol. The second-order valence-electron chi connectivity index (χ2n) is 10.6. The molecule has 0 unspecified atom stereocenters. The number of aromatic nitrogens is 1. The second-order valence-corrected chi connectivity index (χ2v) is 13.7. The molecule has 1 amide bonds. The maximum absolute atomic E-state index is 14.3. The van der Waals surface area contributed by atoms with Crippen molar-refractivity contribution in [3.8, 4) is 17.6 Å². The van der Waals surface area contributed by atoms with Gasteiger partial charge in [0.1, 0.15) is 18.1 Å². The van der Waals surface area contributed by atoms with E-state index in [0.717, 1.165) is 13.6 Å². The summed E-state index contributed by atoms with van der Waals surface area (Å²) in [7, 11) is 1.58. The first-order chi connectivity index (χ1) is 22.7. The van der Waals surface area contributed by atoms with Crippen molar-refractivity contribution in [1.29, 1.82) is 5.26 Å². The summed E-state index contributed by atoms with van der Waals surface area (Å²) < 4.78 is 15.5. The Morgan fingerprint density at radius 2 is 1.87 bits per heavy atom. The van der Waals surface area contributed by atoms with E-state index in [2.05, 4.69) is 49.9 Å². The van der Waals surface area contributed by atoms with Gasteiger partial charge in [-0.15, -0.1) is 0 Å². The molecular formula is C36H26BrIN4O4S. The molecule has 47 heavy (non-hydrogen) atoms. The number of rotatable bonds is 8. The summed E-state index contributed by atoms with van der Waals surface area (Å²) in [6.45, 7) is 2.07. The van der Waals surface area contributed by atoms with Crippen LogP contribution in [0.3, 0.4) is 0 Å². The summed E-state index contributed by atoms with van der Waals surface area (Å²) >= 11 is 7.05. The number of methoxy groups -OCH3 is 1. The van der Waals surface area contributed by atoms with Crippen molar-refractivity contribution in [2.75, 3.05) is 12.4 Å². The molecule has 1 aliphatic heterocycles. The van der Waals surface area contributed by atoms with Crippen molar-refractivity contribution < 1.29 is 14.3 Å². The molecule has 8 nitrogen and oxygen atoms in total. The van der Waals surface area contributed by atoms with Crippen LogP contribution < -0.4 is 29.7 Å². The van der Waals surface area contributed by atoms with E-state index in [1.165, 1.54) is 11.3 Å². The molecule has 234 valence electrons. The molecule has 0 saturated heterocycles. The highest BCUT2D eigenvalue weighted by molar-refractivity contribution is 14.1. The van der Waals surface area contributed by atoms with Crippen LogP contribution >= 0.6 is 49.9 Å². The predicted molar refractivity (Wildman–Crippen MR) is 194 cm³/mol. The maximum atomic E-state index is 14.3. The minimum atomic E-state index is -0.748. The Kier molecular flexibility index (Phi) is 9.72. The lowest BCUT2D eigenvalue weighted by molar-refractivity contribution is -0.113. The van der Waals surface area contributed by atoms with Gasteiger partial charge in [-0.1, -0.05) is 69.7 Å². The van der Waals surface area contributed by atoms with Crippen molar-refractivity contribution in [1.82, 2.24) is 4.57 Å². The van der Waals surface area contributed by atoms with Crippen molar-refractivity contribution in [3.63, 3.8) is 0 Å². The fraction of sp³-hybridized carbons (Fsp3) is 0.111. The zero-order valence-electron chi connectivity index (χ0n) is 25.2. The third kappa shape index (κ3) is 6.95. The topological polar surface area (TPSA) is 106 Å². The molecule has 0 aliphatic carbocycles. The lowest BCUT2D eigenvalue weighted by Gasteiger charge is -2.25. The fourth-order valence-corrected chi connectivity index (χ4v) is 8.01. The lowest BCUT2D eigenvalue weighted by Crippen LogP contribution is -2.40. The third-order valence-corrected chi connectivity index (χ3v) is 9.74. The van der Waals surface area contributed by atoms with Crippen molar-refractivity contribution in [3.05, 3.63) is 152 Å². The first-order valence-corrected chi connectivity index (χ1v) is 17.1. The van der Waals surface area contributed by atoms with Gasteiger partial charge in [0.15, 0.2) is 4.80 Å². The van der Waals surface area contributed by atoms with Gasteiger partial charge in [-0.05, 0) is 95.2 Å². The van der Waals surface area contributed by atoms with E-state index in [4.69, 9.17) is 19.7 Å². The average molecular weight is 818 g/mol. The summed E-state index contributed by atoms with van der Waals surface area (Å²) in [5, 5.41) is 12.1. The summed E-state index contributed by atoms with van der Waals surface area (Å²) in [5.74, 6) is 0.877. The number of thiazole rings is 1. The van der Waals surface area contributed by atoms with Crippen LogP contribution in [0, 0.1) is 14.9 Å². The molecule has 1 atom stereocenters. The van der Waals surface area contributed by atoms with Crippen LogP contribution in [0.1, 0.15) is 35.2 Å². The van der Waals surface area contributed by atoms with Crippen LogP contribution in [-0.2, 0) is 11.4 Å². The minimum Gasteiger partial charge on any atom is -0.497 e. The van der Waals surface area contributed by atoms with Crippen LogP contribution in [-0.4, -0.2) is 17.6 Å². The number of amides is 1. The van der Waals surface area contributed by atoms with E-state index in [1.54, 1.807) is 36.8 Å². The van der Waals surface area contributed by atoms with Crippen LogP contribution in [0.2, 0.25) is 0 Å². The molecule has 2 heterocycles. The van der Waals surface area contributed by atoms with Crippen LogP contribution in [0.15, 0.2) is 117 Å². The number of hydrogen-bond acceptors (Lipinski definition) is 7. The Morgan fingerprint density at radius 3 is 2.60 bits per heavy atom. The normalized spacial score (nSPS) is 14.2. The van der Waals surface area contributed by atoms with Crippen molar-refractivity contribution in [2.45, 2.75) is 19.6 Å². The molecule has 0 fully saturated rings. The van der Waals surface area contributed by atoms with Crippen LogP contribution in [0.4, 0.5) is 5.69 Å². The van der Waals surface area contributed by atoms with Gasteiger partial charge in [0.25, 0.3) is 11.5 Å². The first kappa shape index (κ1) is 32.4. The van der Waals surface area contributed by atoms with Gasteiger partial charge in [-0.25, -0.2) is 4.99 Å². The van der Waals surface area contributed by atoms with Gasteiger partial charge in [0, 0.05) is 15.7 Å². The molecule has 11 heteroatoms. The number of carbonyl (C=O) groups is 1. The molecule has 1 N–H and O–H groups in total. The smallest absolute Gasteiger partial charge is 0.271 e. The Labute approximate surface area is 296 Å². The highest BCUT2D eigenvalue weighted by atomic mass is 127. The number of halogens is 2. The highest BCUT2D eigenvalue weighted by Gasteiger charge is 2.33. The highest BCUT2D eigenvalue weighted by Crippen LogP contribution is 2.33. The van der Waals surface area contributed by atoms with Gasteiger partial charge in [0.2, 0.25) is 0 Å². The number of hydrogen-bond donors (Lipinski definition) is 1. The van der Waals surface area contributed by atoms with Gasteiger partial charge in [-0.3, -0.25) is 14.2 Å². The average Bonchev–Trinajstić information content (AvgIpc) is 3.37. The second kappa shape index (κ2) is 14.1. The number of benzene rings is 4. The summed E-state index contributed by atoms with van der Waals surface area (Å²) in [6.07, 6.45) is 1.80. The van der Waals surface area contributed by atoms with E-state index >= 15 is 0 Å². The Bertz CT molecular complexity index is 2260. The van der Waals surface area contributed by atoms with Gasteiger partial charge in [0.05, 0.1) is 44.2 Å². The zero-order chi connectivity index (χ0) is 33.1. The number of nitriles is 1. The number of anilines is 1. The number of allylic oxidation sites excluding steroid dienone is 1. The van der Waals surface area contributed by atoms with E-state index < -0.39 is 6.04 Å². The summed E-state index contributed by atoms with van der Waals surface area (Å²) in [6, 6.07) is 29.0. The van der Waals surface area contributed by atoms with E-state index in [0.29, 0.717) is 54.5 Å². The standard InChI is InChI=1S/C36H26BrIN4O4S/c1-21-31(34(43)41-27-8-4-3-5-9-27)32(24-7-6-10-28(16-24)45-2)42-35(44)30(47-36(42)40-21)17-25-15-26(37)18-29(38)33(25)46-20-23-13-11-22(19-39)12-14-23/h3-18,32H,20H2,1-2H3,(H,41,43)/b30-17-/t32-/m1/s1. The van der Waals surface area contributed by atoms with Crippen molar-refractivity contribution in [2.24, 2.45) is 4.99 Å². The molecule has 5 aromatic rings. The number of nitrogens with zero attached hydrogens (tertiary/aromatic N) is 3. The minimum absolute atomic E-state index is 0.278. The molecule has 0 bridgehead atoms. The SMILES string of the molecule is COc1cccc([C@@H]2C(C(=O)Nc3ccccc3)=C(C)N=c3s/c(=C\c4cc(Br)cc(I)c4OCc4ccc(C#N)cc4)c(=O)n32)c1. The summed E-state index contributed by atoms with van der Waals surface area (Å²) in [4.78, 5) is 33.4. The Balaban J connectivity index is 1.46. The number of carbonyl (C=O) groups excluding carboxylic acids is 1. The molecule has 4 aromatic carbocycles. The van der Waals surface area contributed by atoms with Crippen LogP contribution in [0.5, 0.6) is 11.5 Å². The number of nitrogens with one attached hydrogen (secondary N) is 1. The van der Waals surface area contributed by atoms with E-state index in [-0.39, 0.29) is 18.1 Å². The largest absolute Gasteiger partial charge is 0.497 e. The fourth-order valence-electron chi connectivity index (χ4n) is 5.27. The number of fused-ring (bicyclic) bond motifs is 1. The third-order valence-electron chi connectivity index (χ3n) is 7.50. The first-order valence-electron chi connectivity index (χ1n) is 14.4. The molecule has 1 aromatic heterocycles. The Morgan fingerprint density at radius 1 is 1.11 bits per heavy atom. The molecule has 1 aliphatic rings. The molecule has 0 saturated carbocycles. The van der Waals surface area contributed by atoms with E-state index in [9.17, 15) is 9.59 Å². The zero-order valence-corrected chi connectivity index (χ0v) is 29.7. The molecule has 0 spiro atoms. The van der Waals surface area contributed by atoms with Crippen LogP contribution in [0.25, 0.3) is 6.08 Å². The molecule has 0 radical (unpaired) electrons. The maximum Gasteiger partial charge on any atom is 0.271 e. The number of ether oxygens (including phenoxy) is 2. The number of para-hydroxylation sites is 1. The summed E-state index contributed by atoms with van der Waals surface area (Å²) in [5.41, 5.74) is 4.14. The van der Waals surface area contributed by atoms with Gasteiger partial charge >= 0.3 is 0 Å². The molecule has 6 rings (SSSR count). The lowest BCUT2D eigenvalue weighted by atomic mass is 9.95. The quantitative estimate of drug-likeness (QED) is 0.176. The van der Waals surface area contributed by atoms with Gasteiger partial charge < -0.3 is 14.8 Å². The Hall–Kier alpha value is -4.51. The van der Waals surface area contributed by atoms with E-state index in [1.807, 2.05) is 78.9 Å². The van der Waals surface area contributed by atoms with Gasteiger partial charge in [-0.2, -0.15) is 5.26 Å². The van der Waals surface area contributed by atoms with Crippen molar-refractivity contribution >= 4 is 67.5 Å².